The van der Waals surface area contributed by atoms with Crippen LogP contribution in [0.2, 0.25) is 0 Å². The minimum atomic E-state index is -0.347. The second kappa shape index (κ2) is 9.86. The Labute approximate surface area is 204 Å². The average Bonchev–Trinajstić information content (AvgIpc) is 3.38. The van der Waals surface area contributed by atoms with Crippen molar-refractivity contribution in [2.45, 2.75) is 29.3 Å². The lowest BCUT2D eigenvalue weighted by Crippen LogP contribution is -2.36. The van der Waals surface area contributed by atoms with Crippen LogP contribution in [0.25, 0.3) is 21.3 Å². The normalized spacial score (nSPS) is 14.7. The third-order valence-electron chi connectivity index (χ3n) is 5.39. The first-order valence-electron chi connectivity index (χ1n) is 10.6. The maximum atomic E-state index is 11.4. The number of hydrogen-bond donors (Lipinski definition) is 1. The Morgan fingerprint density at radius 2 is 1.97 bits per heavy atom. The monoisotopic (exact) mass is 497 g/mol. The van der Waals surface area contributed by atoms with Crippen molar-refractivity contribution in [2.75, 3.05) is 26.3 Å². The standard InChI is InChI=1S/C23H23N5O2S3/c1-14-17(11-18(24)29)32-23(25-14)33-22-20-16(15-5-3-2-4-6-15)13-31-21(20)26-19(27-22)12-28-7-9-30-10-8-28/h2-6,13H,7-12H2,1H3,(H2,24,29). The molecule has 0 aliphatic carbocycles. The number of aromatic nitrogens is 3. The van der Waals surface area contributed by atoms with Gasteiger partial charge in [0.1, 0.15) is 15.7 Å². The van der Waals surface area contributed by atoms with Gasteiger partial charge in [0, 0.05) is 28.9 Å². The Morgan fingerprint density at radius 1 is 1.18 bits per heavy atom. The number of thiazole rings is 1. The number of hydrogen-bond acceptors (Lipinski definition) is 9. The molecule has 1 aliphatic heterocycles. The number of morpholine rings is 1. The second-order valence-electron chi connectivity index (χ2n) is 7.76. The summed E-state index contributed by atoms with van der Waals surface area (Å²) in [5, 5.41) is 4.09. The largest absolute Gasteiger partial charge is 0.379 e. The first-order valence-corrected chi connectivity index (χ1v) is 13.1. The van der Waals surface area contributed by atoms with Crippen LogP contribution in [-0.4, -0.2) is 52.1 Å². The molecule has 4 heterocycles. The molecule has 1 aromatic carbocycles. The Balaban J connectivity index is 1.56. The highest BCUT2D eigenvalue weighted by atomic mass is 32.2. The molecule has 7 nitrogen and oxygen atoms in total. The Kier molecular flexibility index (Phi) is 6.70. The highest BCUT2D eigenvalue weighted by Gasteiger charge is 2.20. The van der Waals surface area contributed by atoms with Gasteiger partial charge in [0.2, 0.25) is 5.91 Å². The van der Waals surface area contributed by atoms with E-state index in [0.717, 1.165) is 73.4 Å². The summed E-state index contributed by atoms with van der Waals surface area (Å²) in [7, 11) is 0. The SMILES string of the molecule is Cc1nc(Sc2nc(CN3CCOCC3)nc3scc(-c4ccccc4)c23)sc1CC(N)=O. The van der Waals surface area contributed by atoms with E-state index >= 15 is 0 Å². The summed E-state index contributed by atoms with van der Waals surface area (Å²) >= 11 is 4.68. The molecule has 10 heteroatoms. The molecular weight excluding hydrogens is 474 g/mol. The number of rotatable bonds is 7. The van der Waals surface area contributed by atoms with Crippen molar-refractivity contribution in [1.82, 2.24) is 19.9 Å². The van der Waals surface area contributed by atoms with Gasteiger partial charge in [-0.1, -0.05) is 30.3 Å². The predicted octanol–water partition coefficient (Wildman–Crippen LogP) is 4.13. The number of primary amides is 1. The minimum absolute atomic E-state index is 0.208. The van der Waals surface area contributed by atoms with Gasteiger partial charge in [0.15, 0.2) is 4.34 Å². The van der Waals surface area contributed by atoms with Gasteiger partial charge in [-0.25, -0.2) is 15.0 Å². The van der Waals surface area contributed by atoms with Gasteiger partial charge < -0.3 is 10.5 Å². The van der Waals surface area contributed by atoms with E-state index in [2.05, 4.69) is 27.4 Å². The van der Waals surface area contributed by atoms with Gasteiger partial charge in [-0.2, -0.15) is 0 Å². The molecule has 0 atom stereocenters. The summed E-state index contributed by atoms with van der Waals surface area (Å²) in [5.41, 5.74) is 8.52. The average molecular weight is 498 g/mol. The lowest BCUT2D eigenvalue weighted by molar-refractivity contribution is -0.117. The van der Waals surface area contributed by atoms with E-state index in [1.165, 1.54) is 23.1 Å². The summed E-state index contributed by atoms with van der Waals surface area (Å²) < 4.78 is 6.33. The van der Waals surface area contributed by atoms with E-state index in [0.29, 0.717) is 6.54 Å². The molecule has 0 saturated carbocycles. The molecule has 2 N–H and O–H groups in total. The molecule has 3 aromatic heterocycles. The maximum absolute atomic E-state index is 11.4. The van der Waals surface area contributed by atoms with E-state index < -0.39 is 0 Å². The van der Waals surface area contributed by atoms with Crippen LogP contribution < -0.4 is 5.73 Å². The number of carbonyl (C=O) groups is 1. The molecular formula is C23H23N5O2S3. The fraction of sp³-hybridized carbons (Fsp3) is 0.304. The summed E-state index contributed by atoms with van der Waals surface area (Å²) in [6, 6.07) is 10.3. The third-order valence-corrected chi connectivity index (χ3v) is 8.47. The zero-order valence-corrected chi connectivity index (χ0v) is 20.6. The summed E-state index contributed by atoms with van der Waals surface area (Å²) in [6.07, 6.45) is 0.208. The molecule has 0 spiro atoms. The van der Waals surface area contributed by atoms with Gasteiger partial charge in [-0.15, -0.1) is 22.7 Å². The topological polar surface area (TPSA) is 94.2 Å². The van der Waals surface area contributed by atoms with Crippen molar-refractivity contribution in [3.05, 3.63) is 52.1 Å². The van der Waals surface area contributed by atoms with Crippen molar-refractivity contribution >= 4 is 50.6 Å². The van der Waals surface area contributed by atoms with Crippen molar-refractivity contribution in [1.29, 1.82) is 0 Å². The maximum Gasteiger partial charge on any atom is 0.222 e. The molecule has 5 rings (SSSR count). The number of carbonyl (C=O) groups excluding carboxylic acids is 1. The van der Waals surface area contributed by atoms with Crippen LogP contribution in [0.4, 0.5) is 0 Å². The zero-order chi connectivity index (χ0) is 22.8. The molecule has 1 saturated heterocycles. The number of thiophene rings is 1. The number of benzene rings is 1. The van der Waals surface area contributed by atoms with Gasteiger partial charge in [-0.05, 0) is 24.2 Å². The first kappa shape index (κ1) is 22.4. The van der Waals surface area contributed by atoms with Crippen molar-refractivity contribution in [3.8, 4) is 11.1 Å². The minimum Gasteiger partial charge on any atom is -0.379 e. The highest BCUT2D eigenvalue weighted by molar-refractivity contribution is 8.01. The fourth-order valence-corrected chi connectivity index (χ4v) is 7.08. The molecule has 0 unspecified atom stereocenters. The highest BCUT2D eigenvalue weighted by Crippen LogP contribution is 2.42. The van der Waals surface area contributed by atoms with Crippen LogP contribution in [-0.2, 0) is 22.5 Å². The van der Waals surface area contributed by atoms with Crippen molar-refractivity contribution < 1.29 is 9.53 Å². The first-order chi connectivity index (χ1) is 16.1. The molecule has 1 aliphatic rings. The van der Waals surface area contributed by atoms with Crippen LogP contribution in [0.5, 0.6) is 0 Å². The van der Waals surface area contributed by atoms with Crippen LogP contribution in [0, 0.1) is 6.92 Å². The van der Waals surface area contributed by atoms with E-state index in [1.54, 1.807) is 11.3 Å². The summed E-state index contributed by atoms with van der Waals surface area (Å²) in [6.45, 7) is 5.84. The molecule has 1 amide bonds. The zero-order valence-electron chi connectivity index (χ0n) is 18.1. The molecule has 0 bridgehead atoms. The number of fused-ring (bicyclic) bond motifs is 1. The summed E-state index contributed by atoms with van der Waals surface area (Å²) in [4.78, 5) is 30.2. The second-order valence-corrected chi connectivity index (χ2v) is 10.9. The van der Waals surface area contributed by atoms with Crippen molar-refractivity contribution in [3.63, 3.8) is 0 Å². The molecule has 4 aromatic rings. The Hall–Kier alpha value is -2.37. The molecule has 33 heavy (non-hydrogen) atoms. The molecule has 1 fully saturated rings. The van der Waals surface area contributed by atoms with Crippen LogP contribution in [0.15, 0.2) is 45.1 Å². The number of ether oxygens (including phenoxy) is 1. The van der Waals surface area contributed by atoms with Crippen LogP contribution in [0.3, 0.4) is 0 Å². The fourth-order valence-electron chi connectivity index (χ4n) is 3.74. The lowest BCUT2D eigenvalue weighted by atomic mass is 10.1. The van der Waals surface area contributed by atoms with Crippen LogP contribution >= 0.6 is 34.4 Å². The number of amides is 1. The molecule has 0 radical (unpaired) electrons. The van der Waals surface area contributed by atoms with E-state index in [-0.39, 0.29) is 12.3 Å². The van der Waals surface area contributed by atoms with E-state index in [9.17, 15) is 4.79 Å². The van der Waals surface area contributed by atoms with E-state index in [1.807, 2.05) is 25.1 Å². The van der Waals surface area contributed by atoms with Gasteiger partial charge >= 0.3 is 0 Å². The van der Waals surface area contributed by atoms with Gasteiger partial charge in [0.25, 0.3) is 0 Å². The quantitative estimate of drug-likeness (QED) is 0.384. The van der Waals surface area contributed by atoms with Gasteiger partial charge in [-0.3, -0.25) is 9.69 Å². The van der Waals surface area contributed by atoms with Gasteiger partial charge in [0.05, 0.1) is 37.3 Å². The third kappa shape index (κ3) is 5.10. The Morgan fingerprint density at radius 3 is 2.73 bits per heavy atom. The smallest absolute Gasteiger partial charge is 0.222 e. The predicted molar refractivity (Wildman–Crippen MR) is 133 cm³/mol. The Bertz CT molecular complexity index is 1280. The molecule has 170 valence electrons. The van der Waals surface area contributed by atoms with Crippen LogP contribution in [0.1, 0.15) is 16.4 Å². The van der Waals surface area contributed by atoms with Crippen molar-refractivity contribution in [2.24, 2.45) is 5.73 Å². The number of nitrogens with two attached hydrogens (primary N) is 1. The number of nitrogens with zero attached hydrogens (tertiary/aromatic N) is 4. The lowest BCUT2D eigenvalue weighted by Gasteiger charge is -2.25. The number of aryl methyl sites for hydroxylation is 1. The van der Waals surface area contributed by atoms with E-state index in [4.69, 9.17) is 20.4 Å². The summed E-state index contributed by atoms with van der Waals surface area (Å²) in [5.74, 6) is 0.457.